The van der Waals surface area contributed by atoms with Gasteiger partial charge in [0.25, 0.3) is 0 Å². The maximum atomic E-state index is 14.4. The molecule has 10 heteroatoms. The molecule has 0 saturated carbocycles. The van der Waals surface area contributed by atoms with E-state index in [1.54, 1.807) is 0 Å². The zero-order valence-electron chi connectivity index (χ0n) is 21.8. The minimum atomic E-state index is -1.41. The molecule has 0 unspecified atom stereocenters. The molecule has 2 heterocycles. The van der Waals surface area contributed by atoms with Crippen molar-refractivity contribution in [2.45, 2.75) is 128 Å². The monoisotopic (exact) mass is 513 g/mol. The summed E-state index contributed by atoms with van der Waals surface area (Å²) in [6, 6.07) is 0. The third-order valence-corrected chi connectivity index (χ3v) is 6.61. The predicted octanol–water partition coefficient (Wildman–Crippen LogP) is 5.05. The number of carbonyl (C=O) groups excluding carboxylic acids is 1. The van der Waals surface area contributed by atoms with E-state index in [9.17, 15) is 24.2 Å². The van der Waals surface area contributed by atoms with E-state index in [1.165, 1.54) is 77.6 Å². The lowest BCUT2D eigenvalue weighted by Gasteiger charge is -2.17. The van der Waals surface area contributed by atoms with Crippen LogP contribution in [-0.2, 0) is 9.47 Å². The Bertz CT molecular complexity index is 836. The highest BCUT2D eigenvalue weighted by atomic mass is 19.1. The fraction of sp³-hybridized carbons (Fsp3) is 0.808. The zero-order valence-corrected chi connectivity index (χ0v) is 21.8. The fourth-order valence-electron chi connectivity index (χ4n) is 4.37. The average molecular weight is 514 g/mol. The van der Waals surface area contributed by atoms with E-state index < -0.39 is 48.0 Å². The summed E-state index contributed by atoms with van der Waals surface area (Å²) in [7, 11) is 0. The number of aliphatic hydroxyl groups excluding tert-OH is 2. The highest BCUT2D eigenvalue weighted by Crippen LogP contribution is 2.28. The van der Waals surface area contributed by atoms with Crippen molar-refractivity contribution in [2.75, 3.05) is 11.9 Å². The molecule has 1 amide bonds. The summed E-state index contributed by atoms with van der Waals surface area (Å²) in [5.74, 6) is -1.56. The number of anilines is 1. The largest absolute Gasteiger partial charge is 0.449 e. The lowest BCUT2D eigenvalue weighted by Crippen LogP contribution is -2.36. The van der Waals surface area contributed by atoms with Gasteiger partial charge in [0.1, 0.15) is 12.2 Å². The van der Waals surface area contributed by atoms with Crippen molar-refractivity contribution in [3.05, 3.63) is 22.5 Å². The number of aromatic nitrogens is 2. The molecule has 9 nitrogen and oxygen atoms in total. The summed E-state index contributed by atoms with van der Waals surface area (Å²) in [6.45, 7) is 3.96. The Balaban J connectivity index is 1.55. The number of ether oxygens (including phenoxy) is 2. The third kappa shape index (κ3) is 10.1. The summed E-state index contributed by atoms with van der Waals surface area (Å²) in [5, 5.41) is 21.9. The lowest BCUT2D eigenvalue weighted by atomic mass is 10.0. The van der Waals surface area contributed by atoms with Crippen LogP contribution in [0.4, 0.5) is 15.0 Å². The van der Waals surface area contributed by atoms with Gasteiger partial charge in [0.05, 0.1) is 18.9 Å². The number of hydrogen-bond donors (Lipinski definition) is 3. The Morgan fingerprint density at radius 3 is 2.03 bits per heavy atom. The first-order valence-corrected chi connectivity index (χ1v) is 13.6. The maximum Gasteiger partial charge on any atom is 0.412 e. The predicted molar refractivity (Wildman–Crippen MR) is 135 cm³/mol. The van der Waals surface area contributed by atoms with E-state index in [0.717, 1.165) is 23.6 Å². The standard InChI is InChI=1S/C26H44FN3O6/c1-3-4-5-6-7-8-9-10-11-12-13-14-15-16-17-35-26(34)29-23-20(27)18-30(25(33)28-23)24-22(32)21(31)19(2)36-24/h18-19,21-22,24,31-32H,3-17H2,1-2H3,(H,28,29,33,34)/t19-,21-,22-,24-/m0/s1. The Morgan fingerprint density at radius 1 is 1.00 bits per heavy atom. The van der Waals surface area contributed by atoms with Gasteiger partial charge in [-0.3, -0.25) is 9.88 Å². The number of carbonyl (C=O) groups is 1. The van der Waals surface area contributed by atoms with E-state index in [-0.39, 0.29) is 6.61 Å². The first-order chi connectivity index (χ1) is 17.3. The number of unbranched alkanes of at least 4 members (excludes halogenated alkanes) is 13. The smallest absolute Gasteiger partial charge is 0.412 e. The summed E-state index contributed by atoms with van der Waals surface area (Å²) < 4.78 is 25.5. The first kappa shape index (κ1) is 30.2. The van der Waals surface area contributed by atoms with Crippen LogP contribution in [0, 0.1) is 5.82 Å². The Kier molecular flexibility index (Phi) is 14.0. The second kappa shape index (κ2) is 16.7. The van der Waals surface area contributed by atoms with Gasteiger partial charge < -0.3 is 19.7 Å². The van der Waals surface area contributed by atoms with E-state index in [2.05, 4.69) is 17.2 Å². The van der Waals surface area contributed by atoms with Crippen LogP contribution in [-0.4, -0.2) is 50.8 Å². The Labute approximate surface area is 213 Å². The van der Waals surface area contributed by atoms with Gasteiger partial charge in [0.2, 0.25) is 0 Å². The maximum absolute atomic E-state index is 14.4. The van der Waals surface area contributed by atoms with Crippen LogP contribution in [0.25, 0.3) is 0 Å². The lowest BCUT2D eigenvalue weighted by molar-refractivity contribution is -0.0355. The topological polar surface area (TPSA) is 123 Å². The molecular weight excluding hydrogens is 469 g/mol. The van der Waals surface area contributed by atoms with Crippen LogP contribution in [0.3, 0.4) is 0 Å². The van der Waals surface area contributed by atoms with Gasteiger partial charge in [0.15, 0.2) is 17.9 Å². The van der Waals surface area contributed by atoms with E-state index >= 15 is 0 Å². The molecular formula is C26H44FN3O6. The molecule has 1 aliphatic heterocycles. The van der Waals surface area contributed by atoms with Gasteiger partial charge >= 0.3 is 11.8 Å². The number of hydrogen-bond acceptors (Lipinski definition) is 7. The summed E-state index contributed by atoms with van der Waals surface area (Å²) in [6.07, 6.45) is 12.4. The molecule has 36 heavy (non-hydrogen) atoms. The van der Waals surface area contributed by atoms with Crippen molar-refractivity contribution in [1.29, 1.82) is 0 Å². The number of rotatable bonds is 17. The number of aliphatic hydroxyl groups is 2. The minimum absolute atomic E-state index is 0.195. The summed E-state index contributed by atoms with van der Waals surface area (Å²) in [4.78, 5) is 27.7. The molecule has 1 aromatic heterocycles. The van der Waals surface area contributed by atoms with Crippen LogP contribution >= 0.6 is 0 Å². The highest BCUT2D eigenvalue weighted by molar-refractivity contribution is 5.83. The third-order valence-electron chi connectivity index (χ3n) is 6.61. The van der Waals surface area contributed by atoms with Gasteiger partial charge in [-0.05, 0) is 13.3 Å². The van der Waals surface area contributed by atoms with Crippen LogP contribution < -0.4 is 11.0 Å². The number of halogens is 1. The molecule has 0 aliphatic carbocycles. The van der Waals surface area contributed by atoms with Crippen LogP contribution in [0.1, 0.15) is 110 Å². The summed E-state index contributed by atoms with van der Waals surface area (Å²) >= 11 is 0. The van der Waals surface area contributed by atoms with Crippen molar-refractivity contribution in [2.24, 2.45) is 0 Å². The quantitative estimate of drug-likeness (QED) is 0.249. The Hall–Kier alpha value is -2.04. The fourth-order valence-corrected chi connectivity index (χ4v) is 4.37. The molecule has 1 fully saturated rings. The van der Waals surface area contributed by atoms with Gasteiger partial charge in [-0.25, -0.2) is 14.0 Å². The zero-order chi connectivity index (χ0) is 26.3. The molecule has 0 aromatic carbocycles. The SMILES string of the molecule is CCCCCCCCCCCCCCCCOC(=O)Nc1nc(=O)n([C@H]2O[C@@H](C)[C@H](O)[C@@H]2O)cc1F. The number of nitrogens with one attached hydrogen (secondary N) is 1. The number of amides is 1. The van der Waals surface area contributed by atoms with E-state index in [0.29, 0.717) is 6.42 Å². The van der Waals surface area contributed by atoms with Gasteiger partial charge in [-0.1, -0.05) is 90.4 Å². The van der Waals surface area contributed by atoms with Gasteiger partial charge in [-0.2, -0.15) is 4.98 Å². The van der Waals surface area contributed by atoms with Crippen LogP contribution in [0.2, 0.25) is 0 Å². The molecule has 1 aliphatic rings. The first-order valence-electron chi connectivity index (χ1n) is 13.6. The molecule has 0 spiro atoms. The van der Waals surface area contributed by atoms with Crippen LogP contribution in [0.15, 0.2) is 11.0 Å². The van der Waals surface area contributed by atoms with Crippen molar-refractivity contribution < 1.29 is 28.9 Å². The molecule has 4 atom stereocenters. The van der Waals surface area contributed by atoms with Gasteiger partial charge in [-0.15, -0.1) is 0 Å². The Morgan fingerprint density at radius 2 is 1.53 bits per heavy atom. The minimum Gasteiger partial charge on any atom is -0.449 e. The molecule has 0 bridgehead atoms. The molecule has 0 radical (unpaired) electrons. The van der Waals surface area contributed by atoms with Crippen molar-refractivity contribution in [3.63, 3.8) is 0 Å². The number of nitrogens with zero attached hydrogens (tertiary/aromatic N) is 2. The second-order valence-electron chi connectivity index (χ2n) is 9.70. The van der Waals surface area contributed by atoms with Gasteiger partial charge in [0, 0.05) is 0 Å². The van der Waals surface area contributed by atoms with Crippen LogP contribution in [0.5, 0.6) is 0 Å². The molecule has 206 valence electrons. The van der Waals surface area contributed by atoms with Crippen molar-refractivity contribution in [1.82, 2.24) is 9.55 Å². The van der Waals surface area contributed by atoms with E-state index in [1.807, 2.05) is 0 Å². The molecule has 1 saturated heterocycles. The van der Waals surface area contributed by atoms with E-state index in [4.69, 9.17) is 9.47 Å². The molecule has 3 N–H and O–H groups in total. The summed E-state index contributed by atoms with van der Waals surface area (Å²) in [5.41, 5.74) is -0.941. The normalized spacial score (nSPS) is 21.6. The molecule has 2 rings (SSSR count). The average Bonchev–Trinajstić information content (AvgIpc) is 3.10. The molecule has 1 aromatic rings. The highest BCUT2D eigenvalue weighted by Gasteiger charge is 2.42. The second-order valence-corrected chi connectivity index (χ2v) is 9.70. The van der Waals surface area contributed by atoms with Crippen molar-refractivity contribution in [3.8, 4) is 0 Å². The van der Waals surface area contributed by atoms with Crippen molar-refractivity contribution >= 4 is 11.9 Å².